The van der Waals surface area contributed by atoms with Crippen molar-refractivity contribution in [3.8, 4) is 0 Å². The van der Waals surface area contributed by atoms with E-state index in [2.05, 4.69) is 29.1 Å². The van der Waals surface area contributed by atoms with Gasteiger partial charge in [0.25, 0.3) is 0 Å². The van der Waals surface area contributed by atoms with E-state index in [0.29, 0.717) is 10.9 Å². The maximum absolute atomic E-state index is 11.8. The molecule has 1 saturated carbocycles. The van der Waals surface area contributed by atoms with Gasteiger partial charge in [0.05, 0.1) is 10.4 Å². The molecule has 1 unspecified atom stereocenters. The number of nitrogens with zero attached hydrogens (tertiary/aromatic N) is 2. The van der Waals surface area contributed by atoms with Crippen LogP contribution in [0.25, 0.3) is 10.9 Å². The van der Waals surface area contributed by atoms with Gasteiger partial charge in [0.1, 0.15) is 12.1 Å². The first-order chi connectivity index (χ1) is 10.8. The lowest BCUT2D eigenvalue weighted by Crippen LogP contribution is -2.39. The summed E-state index contributed by atoms with van der Waals surface area (Å²) in [6, 6.07) is 5.34. The molecule has 1 aliphatic carbocycles. The number of hydrogen-bond acceptors (Lipinski definition) is 5. The lowest BCUT2D eigenvalue weighted by Gasteiger charge is -2.39. The van der Waals surface area contributed by atoms with Crippen LogP contribution in [0.2, 0.25) is 0 Å². The summed E-state index contributed by atoms with van der Waals surface area (Å²) in [5.41, 5.74) is 0.952. The first kappa shape index (κ1) is 16.2. The smallest absolute Gasteiger partial charge is 0.175 e. The van der Waals surface area contributed by atoms with Crippen LogP contribution < -0.4 is 5.32 Å². The lowest BCUT2D eigenvalue weighted by molar-refractivity contribution is 0.217. The van der Waals surface area contributed by atoms with E-state index in [1.165, 1.54) is 31.8 Å². The summed E-state index contributed by atoms with van der Waals surface area (Å²) in [5.74, 6) is 0.723. The van der Waals surface area contributed by atoms with Gasteiger partial charge in [-0.1, -0.05) is 26.7 Å². The molecule has 124 valence electrons. The second kappa shape index (κ2) is 5.74. The highest BCUT2D eigenvalue weighted by Crippen LogP contribution is 2.37. The van der Waals surface area contributed by atoms with E-state index in [4.69, 9.17) is 0 Å². The fraction of sp³-hybridized carbons (Fsp3) is 0.529. The third-order valence-electron chi connectivity index (χ3n) is 4.85. The molecule has 23 heavy (non-hydrogen) atoms. The molecular formula is C17H23N3O2S. The molecule has 1 N–H and O–H groups in total. The molecule has 0 aliphatic heterocycles. The molecule has 6 heteroatoms. The fourth-order valence-corrected chi connectivity index (χ4v) is 3.96. The zero-order valence-corrected chi connectivity index (χ0v) is 14.7. The maximum atomic E-state index is 11.8. The van der Waals surface area contributed by atoms with Crippen LogP contribution in [0.4, 0.5) is 5.82 Å². The number of rotatable bonds is 3. The average molecular weight is 333 g/mol. The molecule has 0 radical (unpaired) electrons. The molecule has 1 aromatic heterocycles. The zero-order valence-electron chi connectivity index (χ0n) is 13.8. The topological polar surface area (TPSA) is 72.0 Å². The molecule has 0 amide bonds. The van der Waals surface area contributed by atoms with Crippen molar-refractivity contribution in [3.05, 3.63) is 24.5 Å². The van der Waals surface area contributed by atoms with Crippen molar-refractivity contribution >= 4 is 26.6 Å². The van der Waals surface area contributed by atoms with Crippen molar-refractivity contribution in [3.63, 3.8) is 0 Å². The molecule has 1 heterocycles. The second-order valence-electron chi connectivity index (χ2n) is 7.10. The van der Waals surface area contributed by atoms with Crippen molar-refractivity contribution in [2.75, 3.05) is 11.6 Å². The van der Waals surface area contributed by atoms with E-state index < -0.39 is 9.84 Å². The van der Waals surface area contributed by atoms with Crippen molar-refractivity contribution < 1.29 is 8.42 Å². The Labute approximate surface area is 137 Å². The van der Waals surface area contributed by atoms with E-state index in [1.807, 2.05) is 0 Å². The SMILES string of the molecule is CC1(C)CCCCC1Nc1ncnc2ccc(S(C)(=O)=O)cc12. The minimum Gasteiger partial charge on any atom is -0.366 e. The Morgan fingerprint density at radius 2 is 2.00 bits per heavy atom. The van der Waals surface area contributed by atoms with Crippen LogP contribution in [-0.4, -0.2) is 30.7 Å². The summed E-state index contributed by atoms with van der Waals surface area (Å²) in [4.78, 5) is 8.92. The highest BCUT2D eigenvalue weighted by molar-refractivity contribution is 7.90. The number of sulfone groups is 1. The Hall–Kier alpha value is -1.69. The Morgan fingerprint density at radius 3 is 2.70 bits per heavy atom. The number of hydrogen-bond donors (Lipinski definition) is 1. The van der Waals surface area contributed by atoms with Crippen LogP contribution >= 0.6 is 0 Å². The molecule has 1 aromatic carbocycles. The lowest BCUT2D eigenvalue weighted by atomic mass is 9.73. The Bertz CT molecular complexity index is 831. The number of nitrogens with one attached hydrogen (secondary N) is 1. The average Bonchev–Trinajstić information content (AvgIpc) is 2.48. The van der Waals surface area contributed by atoms with Gasteiger partial charge in [-0.15, -0.1) is 0 Å². The van der Waals surface area contributed by atoms with E-state index in [-0.39, 0.29) is 5.41 Å². The quantitative estimate of drug-likeness (QED) is 0.932. The van der Waals surface area contributed by atoms with Crippen molar-refractivity contribution in [2.45, 2.75) is 50.5 Å². The normalized spacial score (nSPS) is 21.3. The minimum absolute atomic E-state index is 0.198. The molecule has 1 aliphatic rings. The van der Waals surface area contributed by atoms with Crippen molar-refractivity contribution in [1.82, 2.24) is 9.97 Å². The molecule has 1 fully saturated rings. The summed E-state index contributed by atoms with van der Waals surface area (Å²) in [5, 5.41) is 4.31. The summed E-state index contributed by atoms with van der Waals surface area (Å²) in [7, 11) is -3.25. The van der Waals surface area contributed by atoms with E-state index in [0.717, 1.165) is 23.1 Å². The van der Waals surface area contributed by atoms with Gasteiger partial charge in [-0.3, -0.25) is 0 Å². The van der Waals surface area contributed by atoms with E-state index in [1.54, 1.807) is 18.2 Å². The van der Waals surface area contributed by atoms with Crippen LogP contribution in [0.15, 0.2) is 29.4 Å². The number of anilines is 1. The van der Waals surface area contributed by atoms with Gasteiger partial charge in [-0.2, -0.15) is 0 Å². The third-order valence-corrected chi connectivity index (χ3v) is 5.96. The zero-order chi connectivity index (χ0) is 16.7. The third kappa shape index (κ3) is 3.32. The first-order valence-corrected chi connectivity index (χ1v) is 9.88. The largest absolute Gasteiger partial charge is 0.366 e. The van der Waals surface area contributed by atoms with Gasteiger partial charge in [0, 0.05) is 17.7 Å². The van der Waals surface area contributed by atoms with E-state index >= 15 is 0 Å². The van der Waals surface area contributed by atoms with E-state index in [9.17, 15) is 8.42 Å². The van der Waals surface area contributed by atoms with Crippen molar-refractivity contribution in [1.29, 1.82) is 0 Å². The summed E-state index contributed by atoms with van der Waals surface area (Å²) in [6.45, 7) is 4.55. The van der Waals surface area contributed by atoms with Crippen LogP contribution in [0.3, 0.4) is 0 Å². The van der Waals surface area contributed by atoms with Crippen LogP contribution in [0.1, 0.15) is 39.5 Å². The Kier molecular flexibility index (Phi) is 4.04. The predicted molar refractivity (Wildman–Crippen MR) is 92.3 cm³/mol. The summed E-state index contributed by atoms with van der Waals surface area (Å²) < 4.78 is 23.6. The minimum atomic E-state index is -3.25. The van der Waals surface area contributed by atoms with Crippen LogP contribution in [0.5, 0.6) is 0 Å². The highest BCUT2D eigenvalue weighted by atomic mass is 32.2. The standard InChI is InChI=1S/C17H23N3O2S/c1-17(2)9-5-4-6-15(17)20-16-13-10-12(23(3,21)22)7-8-14(13)18-11-19-16/h7-8,10-11,15H,4-6,9H2,1-3H3,(H,18,19,20). The van der Waals surface area contributed by atoms with Gasteiger partial charge in [-0.05, 0) is 36.5 Å². The first-order valence-electron chi connectivity index (χ1n) is 7.99. The van der Waals surface area contributed by atoms with Gasteiger partial charge in [-0.25, -0.2) is 18.4 Å². The Balaban J connectivity index is 2.03. The number of aromatic nitrogens is 2. The van der Waals surface area contributed by atoms with Crippen molar-refractivity contribution in [2.24, 2.45) is 5.41 Å². The highest BCUT2D eigenvalue weighted by Gasteiger charge is 2.32. The molecule has 0 bridgehead atoms. The van der Waals surface area contributed by atoms with Gasteiger partial charge in [0.15, 0.2) is 9.84 Å². The summed E-state index contributed by atoms with van der Waals surface area (Å²) in [6.07, 6.45) is 7.50. The number of fused-ring (bicyclic) bond motifs is 1. The summed E-state index contributed by atoms with van der Waals surface area (Å²) >= 11 is 0. The molecule has 0 saturated heterocycles. The molecule has 2 aromatic rings. The predicted octanol–water partition coefficient (Wildman–Crippen LogP) is 3.41. The molecule has 1 atom stereocenters. The molecule has 3 rings (SSSR count). The fourth-order valence-electron chi connectivity index (χ4n) is 3.31. The monoisotopic (exact) mass is 333 g/mol. The molecular weight excluding hydrogens is 310 g/mol. The van der Waals surface area contributed by atoms with Gasteiger partial charge in [0.2, 0.25) is 0 Å². The second-order valence-corrected chi connectivity index (χ2v) is 9.12. The van der Waals surface area contributed by atoms with Crippen LogP contribution in [0, 0.1) is 5.41 Å². The van der Waals surface area contributed by atoms with Crippen LogP contribution in [-0.2, 0) is 9.84 Å². The molecule has 0 spiro atoms. The molecule has 5 nitrogen and oxygen atoms in total. The Morgan fingerprint density at radius 1 is 1.22 bits per heavy atom. The van der Waals surface area contributed by atoms with Gasteiger partial charge >= 0.3 is 0 Å². The number of benzene rings is 1. The van der Waals surface area contributed by atoms with Gasteiger partial charge < -0.3 is 5.32 Å². The maximum Gasteiger partial charge on any atom is 0.175 e.